The molecule has 1 aromatic carbocycles. The molecule has 0 bridgehead atoms. The van der Waals surface area contributed by atoms with Gasteiger partial charge in [-0.25, -0.2) is 0 Å². The average Bonchev–Trinajstić information content (AvgIpc) is 2.27. The van der Waals surface area contributed by atoms with Gasteiger partial charge in [-0.05, 0) is 24.1 Å². The standard InChI is InChI=1S/C13H20N4O2/c1-8(2)6-17(7-12(15)18)11-5-9(13(16)19)3-4-10(11)14/h3-5,8H,6-7,14H2,1-2H3,(H2,15,18)(H2,16,19). The predicted molar refractivity (Wildman–Crippen MR) is 75.6 cm³/mol. The molecule has 6 nitrogen and oxygen atoms in total. The van der Waals surface area contributed by atoms with Gasteiger partial charge < -0.3 is 22.1 Å². The van der Waals surface area contributed by atoms with Crippen molar-refractivity contribution in [3.8, 4) is 0 Å². The van der Waals surface area contributed by atoms with Gasteiger partial charge in [-0.2, -0.15) is 0 Å². The molecular formula is C13H20N4O2. The highest BCUT2D eigenvalue weighted by Crippen LogP contribution is 2.25. The molecule has 0 aliphatic rings. The number of benzene rings is 1. The molecule has 0 heterocycles. The number of carbonyl (C=O) groups excluding carboxylic acids is 2. The molecule has 2 amide bonds. The topological polar surface area (TPSA) is 115 Å². The Bertz CT molecular complexity index is 486. The summed E-state index contributed by atoms with van der Waals surface area (Å²) >= 11 is 0. The van der Waals surface area contributed by atoms with Crippen LogP contribution >= 0.6 is 0 Å². The van der Waals surface area contributed by atoms with Gasteiger partial charge in [-0.1, -0.05) is 13.8 Å². The highest BCUT2D eigenvalue weighted by atomic mass is 16.1. The molecule has 104 valence electrons. The molecule has 0 unspecified atom stereocenters. The van der Waals surface area contributed by atoms with Crippen LogP contribution in [0.2, 0.25) is 0 Å². The number of nitrogen functional groups attached to an aromatic ring is 1. The molecule has 0 saturated carbocycles. The monoisotopic (exact) mass is 264 g/mol. The van der Waals surface area contributed by atoms with Crippen LogP contribution in [0.1, 0.15) is 24.2 Å². The first-order valence-electron chi connectivity index (χ1n) is 6.03. The second-order valence-electron chi connectivity index (χ2n) is 4.88. The third-order valence-electron chi connectivity index (χ3n) is 2.59. The minimum absolute atomic E-state index is 0.0462. The Morgan fingerprint density at radius 3 is 2.37 bits per heavy atom. The zero-order valence-electron chi connectivity index (χ0n) is 11.2. The first-order valence-corrected chi connectivity index (χ1v) is 6.03. The molecule has 6 heteroatoms. The Balaban J connectivity index is 3.15. The van der Waals surface area contributed by atoms with E-state index in [1.807, 2.05) is 13.8 Å². The molecule has 0 fully saturated rings. The summed E-state index contributed by atoms with van der Waals surface area (Å²) in [5, 5.41) is 0. The number of nitrogens with two attached hydrogens (primary N) is 3. The number of anilines is 2. The Hall–Kier alpha value is -2.24. The van der Waals surface area contributed by atoms with Crippen molar-refractivity contribution in [1.29, 1.82) is 0 Å². The van der Waals surface area contributed by atoms with Crippen molar-refractivity contribution in [3.63, 3.8) is 0 Å². The third-order valence-corrected chi connectivity index (χ3v) is 2.59. The highest BCUT2D eigenvalue weighted by molar-refractivity contribution is 5.95. The average molecular weight is 264 g/mol. The van der Waals surface area contributed by atoms with Gasteiger partial charge >= 0.3 is 0 Å². The van der Waals surface area contributed by atoms with Crippen LogP contribution in [0.25, 0.3) is 0 Å². The number of rotatable bonds is 6. The van der Waals surface area contributed by atoms with Crippen LogP contribution in [0.3, 0.4) is 0 Å². The van der Waals surface area contributed by atoms with Crippen molar-refractivity contribution in [3.05, 3.63) is 23.8 Å². The van der Waals surface area contributed by atoms with Crippen molar-refractivity contribution >= 4 is 23.2 Å². The van der Waals surface area contributed by atoms with E-state index in [1.54, 1.807) is 23.1 Å². The van der Waals surface area contributed by atoms with Crippen molar-refractivity contribution in [2.24, 2.45) is 17.4 Å². The second-order valence-corrected chi connectivity index (χ2v) is 4.88. The summed E-state index contributed by atoms with van der Waals surface area (Å²) in [6.07, 6.45) is 0. The smallest absolute Gasteiger partial charge is 0.248 e. The summed E-state index contributed by atoms with van der Waals surface area (Å²) in [4.78, 5) is 24.1. The predicted octanol–water partition coefficient (Wildman–Crippen LogP) is 0.315. The number of amides is 2. The van der Waals surface area contributed by atoms with E-state index in [9.17, 15) is 9.59 Å². The van der Waals surface area contributed by atoms with Gasteiger partial charge in [0.25, 0.3) is 0 Å². The molecule has 1 aromatic rings. The molecule has 0 aliphatic carbocycles. The lowest BCUT2D eigenvalue weighted by Crippen LogP contribution is -2.36. The Kier molecular flexibility index (Phi) is 4.74. The zero-order valence-corrected chi connectivity index (χ0v) is 11.2. The molecule has 0 aromatic heterocycles. The number of primary amides is 2. The highest BCUT2D eigenvalue weighted by Gasteiger charge is 2.15. The van der Waals surface area contributed by atoms with Crippen LogP contribution < -0.4 is 22.1 Å². The minimum Gasteiger partial charge on any atom is -0.397 e. The van der Waals surface area contributed by atoms with Gasteiger partial charge in [0.15, 0.2) is 0 Å². The van der Waals surface area contributed by atoms with Crippen LogP contribution in [-0.2, 0) is 4.79 Å². The third kappa shape index (κ3) is 4.17. The van der Waals surface area contributed by atoms with Crippen LogP contribution in [-0.4, -0.2) is 24.9 Å². The number of hydrogen-bond donors (Lipinski definition) is 3. The molecule has 1 rings (SSSR count). The van der Waals surface area contributed by atoms with E-state index >= 15 is 0 Å². The number of carbonyl (C=O) groups is 2. The maximum atomic E-state index is 11.2. The lowest BCUT2D eigenvalue weighted by atomic mass is 10.1. The largest absolute Gasteiger partial charge is 0.397 e. The SMILES string of the molecule is CC(C)CN(CC(N)=O)c1cc(C(N)=O)ccc1N. The number of hydrogen-bond acceptors (Lipinski definition) is 4. The van der Waals surface area contributed by atoms with E-state index in [0.717, 1.165) is 0 Å². The van der Waals surface area contributed by atoms with Gasteiger partial charge in [0.1, 0.15) is 0 Å². The lowest BCUT2D eigenvalue weighted by molar-refractivity contribution is -0.116. The molecule has 0 aliphatic heterocycles. The van der Waals surface area contributed by atoms with Crippen molar-refractivity contribution in [2.75, 3.05) is 23.7 Å². The maximum absolute atomic E-state index is 11.2. The summed E-state index contributed by atoms with van der Waals surface area (Å²) in [6, 6.07) is 4.74. The molecule has 6 N–H and O–H groups in total. The lowest BCUT2D eigenvalue weighted by Gasteiger charge is -2.26. The van der Waals surface area contributed by atoms with Crippen molar-refractivity contribution < 1.29 is 9.59 Å². The molecule has 19 heavy (non-hydrogen) atoms. The van der Waals surface area contributed by atoms with Gasteiger partial charge in [-0.15, -0.1) is 0 Å². The quantitative estimate of drug-likeness (QED) is 0.641. The van der Waals surface area contributed by atoms with E-state index in [-0.39, 0.29) is 6.54 Å². The Labute approximate surface area is 112 Å². The zero-order chi connectivity index (χ0) is 14.6. The van der Waals surface area contributed by atoms with Gasteiger partial charge in [0.05, 0.1) is 17.9 Å². The summed E-state index contributed by atoms with van der Waals surface area (Å²) < 4.78 is 0. The Morgan fingerprint density at radius 1 is 1.26 bits per heavy atom. The first-order chi connectivity index (χ1) is 8.81. The second kappa shape index (κ2) is 6.08. The number of nitrogens with zero attached hydrogens (tertiary/aromatic N) is 1. The van der Waals surface area contributed by atoms with Crippen LogP contribution in [0.4, 0.5) is 11.4 Å². The van der Waals surface area contributed by atoms with Gasteiger partial charge in [0.2, 0.25) is 11.8 Å². The molecule has 0 saturated heterocycles. The fraction of sp³-hybridized carbons (Fsp3) is 0.385. The van der Waals surface area contributed by atoms with E-state index in [4.69, 9.17) is 17.2 Å². The molecule has 0 atom stereocenters. The minimum atomic E-state index is -0.537. The fourth-order valence-electron chi connectivity index (χ4n) is 1.85. The van der Waals surface area contributed by atoms with Crippen molar-refractivity contribution in [2.45, 2.75) is 13.8 Å². The molecular weight excluding hydrogens is 244 g/mol. The van der Waals surface area contributed by atoms with E-state index in [2.05, 4.69) is 0 Å². The summed E-state index contributed by atoms with van der Waals surface area (Å²) in [5.41, 5.74) is 17.8. The van der Waals surface area contributed by atoms with Gasteiger partial charge in [-0.3, -0.25) is 9.59 Å². The van der Waals surface area contributed by atoms with Crippen molar-refractivity contribution in [1.82, 2.24) is 0 Å². The van der Waals surface area contributed by atoms with E-state index < -0.39 is 11.8 Å². The van der Waals surface area contributed by atoms with Crippen LogP contribution in [0.5, 0.6) is 0 Å². The van der Waals surface area contributed by atoms with Crippen LogP contribution in [0, 0.1) is 5.92 Å². The Morgan fingerprint density at radius 2 is 1.89 bits per heavy atom. The normalized spacial score (nSPS) is 10.5. The summed E-state index contributed by atoms with van der Waals surface area (Å²) in [7, 11) is 0. The van der Waals surface area contributed by atoms with Gasteiger partial charge in [0, 0.05) is 12.1 Å². The first kappa shape index (κ1) is 14.8. The molecule has 0 spiro atoms. The van der Waals surface area contributed by atoms with Crippen LogP contribution in [0.15, 0.2) is 18.2 Å². The molecule has 0 radical (unpaired) electrons. The fourth-order valence-corrected chi connectivity index (χ4v) is 1.85. The maximum Gasteiger partial charge on any atom is 0.248 e. The summed E-state index contributed by atoms with van der Waals surface area (Å²) in [6.45, 7) is 4.68. The van der Waals surface area contributed by atoms with E-state index in [1.165, 1.54) is 0 Å². The van der Waals surface area contributed by atoms with E-state index in [0.29, 0.717) is 29.4 Å². The summed E-state index contributed by atoms with van der Waals surface area (Å²) in [5.74, 6) is -0.676.